The first-order chi connectivity index (χ1) is 14.7. The molecule has 2 N–H and O–H groups in total. The molecule has 154 valence electrons. The predicted molar refractivity (Wildman–Crippen MR) is 117 cm³/mol. The lowest BCUT2D eigenvalue weighted by Gasteiger charge is -2.12. The van der Waals surface area contributed by atoms with Crippen LogP contribution in [0.2, 0.25) is 0 Å². The fourth-order valence-electron chi connectivity index (χ4n) is 3.00. The summed E-state index contributed by atoms with van der Waals surface area (Å²) in [5.74, 6) is 0.339. The van der Waals surface area contributed by atoms with E-state index in [0.717, 1.165) is 17.5 Å². The average molecular weight is 402 g/mol. The molecule has 3 aromatic carbocycles. The van der Waals surface area contributed by atoms with Crippen molar-refractivity contribution >= 4 is 11.8 Å². The summed E-state index contributed by atoms with van der Waals surface area (Å²) in [6.45, 7) is 0.668. The zero-order valence-corrected chi connectivity index (χ0v) is 16.8. The molecule has 0 saturated heterocycles. The van der Waals surface area contributed by atoms with Crippen LogP contribution in [0, 0.1) is 0 Å². The highest BCUT2D eigenvalue weighted by molar-refractivity contribution is 5.79. The monoisotopic (exact) mass is 402 g/mol. The predicted octanol–water partition coefficient (Wildman–Crippen LogP) is 3.48. The number of nitrogens with one attached hydrogen (secondary N) is 2. The summed E-state index contributed by atoms with van der Waals surface area (Å²) >= 11 is 0. The molecule has 0 radical (unpaired) electrons. The first kappa shape index (κ1) is 21.1. The number of hydrogen-bond donors (Lipinski definition) is 2. The third-order valence-corrected chi connectivity index (χ3v) is 4.58. The van der Waals surface area contributed by atoms with Crippen molar-refractivity contribution in [3.63, 3.8) is 0 Å². The molecule has 0 aromatic heterocycles. The number of carbonyl (C=O) groups excluding carboxylic acids is 2. The Morgan fingerprint density at radius 2 is 1.33 bits per heavy atom. The summed E-state index contributed by atoms with van der Waals surface area (Å²) in [5.41, 5.74) is 3.24. The van der Waals surface area contributed by atoms with Gasteiger partial charge in [0.05, 0.1) is 0 Å². The topological polar surface area (TPSA) is 67.4 Å². The SMILES string of the molecule is O=C(CCNC(=O)COc1ccccc1Cc1ccccc1)NCc1ccccc1. The largest absolute Gasteiger partial charge is 0.483 e. The molecule has 0 bridgehead atoms. The number of rotatable bonds is 10. The molecule has 0 spiro atoms. The molecule has 0 aliphatic heterocycles. The van der Waals surface area contributed by atoms with Crippen molar-refractivity contribution in [1.29, 1.82) is 0 Å². The molecule has 2 amide bonds. The highest BCUT2D eigenvalue weighted by Crippen LogP contribution is 2.21. The van der Waals surface area contributed by atoms with Gasteiger partial charge >= 0.3 is 0 Å². The van der Waals surface area contributed by atoms with Crippen LogP contribution >= 0.6 is 0 Å². The number of amides is 2. The van der Waals surface area contributed by atoms with Crippen LogP contribution in [-0.2, 0) is 22.6 Å². The van der Waals surface area contributed by atoms with Gasteiger partial charge in [0.15, 0.2) is 6.61 Å². The normalized spacial score (nSPS) is 10.3. The number of ether oxygens (including phenoxy) is 1. The van der Waals surface area contributed by atoms with E-state index in [0.29, 0.717) is 12.3 Å². The molecule has 30 heavy (non-hydrogen) atoms. The fraction of sp³-hybridized carbons (Fsp3) is 0.200. The second kappa shape index (κ2) is 11.4. The highest BCUT2D eigenvalue weighted by atomic mass is 16.5. The van der Waals surface area contributed by atoms with Crippen LogP contribution in [0.3, 0.4) is 0 Å². The van der Waals surface area contributed by atoms with Crippen molar-refractivity contribution in [2.45, 2.75) is 19.4 Å². The summed E-state index contributed by atoms with van der Waals surface area (Å²) in [6.07, 6.45) is 0.962. The van der Waals surface area contributed by atoms with E-state index in [1.54, 1.807) is 0 Å². The molecule has 5 nitrogen and oxygen atoms in total. The first-order valence-electron chi connectivity index (χ1n) is 10.0. The minimum absolute atomic E-state index is 0.0859. The minimum atomic E-state index is -0.250. The molecule has 3 rings (SSSR count). The third kappa shape index (κ3) is 7.09. The number of benzene rings is 3. The molecule has 5 heteroatoms. The van der Waals surface area contributed by atoms with E-state index in [2.05, 4.69) is 22.8 Å². The van der Waals surface area contributed by atoms with Gasteiger partial charge in [-0.15, -0.1) is 0 Å². The van der Waals surface area contributed by atoms with Gasteiger partial charge in [0.1, 0.15) is 5.75 Å². The summed E-state index contributed by atoms with van der Waals surface area (Å²) in [7, 11) is 0. The maximum Gasteiger partial charge on any atom is 0.257 e. The number of para-hydroxylation sites is 1. The molecule has 0 unspecified atom stereocenters. The Morgan fingerprint density at radius 3 is 2.07 bits per heavy atom. The second-order valence-corrected chi connectivity index (χ2v) is 6.92. The average Bonchev–Trinajstić information content (AvgIpc) is 2.78. The lowest BCUT2D eigenvalue weighted by Crippen LogP contribution is -2.33. The molecule has 0 atom stereocenters. The van der Waals surface area contributed by atoms with E-state index in [1.165, 1.54) is 5.56 Å². The molecular formula is C25H26N2O3. The van der Waals surface area contributed by atoms with Gasteiger partial charge in [0, 0.05) is 25.9 Å². The van der Waals surface area contributed by atoms with Crippen LogP contribution in [0.1, 0.15) is 23.1 Å². The van der Waals surface area contributed by atoms with Gasteiger partial charge in [0.25, 0.3) is 5.91 Å². The van der Waals surface area contributed by atoms with Crippen molar-refractivity contribution in [2.75, 3.05) is 13.2 Å². The molecule has 0 aliphatic carbocycles. The molecular weight excluding hydrogens is 376 g/mol. The maximum atomic E-state index is 12.1. The Labute approximate surface area is 177 Å². The lowest BCUT2D eigenvalue weighted by molar-refractivity contribution is -0.123. The number of hydrogen-bond acceptors (Lipinski definition) is 3. The smallest absolute Gasteiger partial charge is 0.257 e. The summed E-state index contributed by atoms with van der Waals surface area (Å²) in [6, 6.07) is 27.5. The van der Waals surface area contributed by atoms with Crippen molar-refractivity contribution < 1.29 is 14.3 Å². The standard InChI is InChI=1S/C25H26N2O3/c28-24(27-18-21-11-5-2-6-12-21)15-16-26-25(29)19-30-23-14-8-7-13-22(23)17-20-9-3-1-4-10-20/h1-14H,15-19H2,(H,26,29)(H,27,28). The third-order valence-electron chi connectivity index (χ3n) is 4.58. The minimum Gasteiger partial charge on any atom is -0.483 e. The van der Waals surface area contributed by atoms with Gasteiger partial charge in [-0.25, -0.2) is 0 Å². The fourth-order valence-corrected chi connectivity index (χ4v) is 3.00. The van der Waals surface area contributed by atoms with Crippen LogP contribution in [0.4, 0.5) is 0 Å². The zero-order chi connectivity index (χ0) is 21.0. The molecule has 0 saturated carbocycles. The van der Waals surface area contributed by atoms with Crippen molar-refractivity contribution in [3.8, 4) is 5.75 Å². The maximum absolute atomic E-state index is 12.1. The Balaban J connectivity index is 1.38. The lowest BCUT2D eigenvalue weighted by atomic mass is 10.0. The molecule has 0 fully saturated rings. The molecule has 0 heterocycles. The van der Waals surface area contributed by atoms with Gasteiger partial charge in [-0.3, -0.25) is 9.59 Å². The summed E-state index contributed by atoms with van der Waals surface area (Å²) < 4.78 is 5.72. The Bertz CT molecular complexity index is 943. The zero-order valence-electron chi connectivity index (χ0n) is 16.8. The van der Waals surface area contributed by atoms with Crippen LogP contribution in [0.25, 0.3) is 0 Å². The van der Waals surface area contributed by atoms with E-state index in [4.69, 9.17) is 4.74 Å². The van der Waals surface area contributed by atoms with Crippen LogP contribution in [-0.4, -0.2) is 25.0 Å². The van der Waals surface area contributed by atoms with Crippen LogP contribution in [0.15, 0.2) is 84.9 Å². The Kier molecular flexibility index (Phi) is 8.03. The van der Waals surface area contributed by atoms with E-state index in [1.807, 2.05) is 72.8 Å². The van der Waals surface area contributed by atoms with Crippen molar-refractivity contribution in [2.24, 2.45) is 0 Å². The van der Waals surface area contributed by atoms with Gasteiger partial charge in [0.2, 0.25) is 5.91 Å². The van der Waals surface area contributed by atoms with E-state index in [9.17, 15) is 9.59 Å². The first-order valence-corrected chi connectivity index (χ1v) is 10.0. The van der Waals surface area contributed by atoms with Gasteiger partial charge in [-0.1, -0.05) is 78.9 Å². The number of carbonyl (C=O) groups is 2. The van der Waals surface area contributed by atoms with Crippen LogP contribution < -0.4 is 15.4 Å². The second-order valence-electron chi connectivity index (χ2n) is 6.92. The van der Waals surface area contributed by atoms with Gasteiger partial charge in [-0.05, 0) is 22.8 Å². The van der Waals surface area contributed by atoms with E-state index >= 15 is 0 Å². The van der Waals surface area contributed by atoms with Gasteiger partial charge in [-0.2, -0.15) is 0 Å². The van der Waals surface area contributed by atoms with Gasteiger partial charge < -0.3 is 15.4 Å². The van der Waals surface area contributed by atoms with Crippen molar-refractivity contribution in [1.82, 2.24) is 10.6 Å². The summed E-state index contributed by atoms with van der Waals surface area (Å²) in [5, 5.41) is 5.57. The Morgan fingerprint density at radius 1 is 0.700 bits per heavy atom. The van der Waals surface area contributed by atoms with Crippen molar-refractivity contribution in [3.05, 3.63) is 102 Å². The highest BCUT2D eigenvalue weighted by Gasteiger charge is 2.08. The molecule has 3 aromatic rings. The van der Waals surface area contributed by atoms with E-state index < -0.39 is 0 Å². The quantitative estimate of drug-likeness (QED) is 0.546. The molecule has 0 aliphatic rings. The Hall–Kier alpha value is -3.60. The summed E-state index contributed by atoms with van der Waals surface area (Å²) in [4.78, 5) is 24.0. The van der Waals surface area contributed by atoms with Crippen LogP contribution in [0.5, 0.6) is 5.75 Å². The van der Waals surface area contributed by atoms with E-state index in [-0.39, 0.29) is 31.4 Å².